The van der Waals surface area contributed by atoms with Crippen LogP contribution in [0.25, 0.3) is 0 Å². The zero-order valence-electron chi connectivity index (χ0n) is 14.5. The van der Waals surface area contributed by atoms with Crippen LogP contribution in [-0.4, -0.2) is 54.8 Å². The summed E-state index contributed by atoms with van der Waals surface area (Å²) in [4.78, 5) is 0. The SMILES string of the molecule is [Na+].[Na+].[Na+].[Na+].[Na+].[Na+].[Na+].[Na+].[Na+].[Na+].[OH-].[OH-].[OH-].[OH-].[OH-].[OH-].[OH-].[OH-].[OH-].[OH-]. The van der Waals surface area contributed by atoms with Crippen molar-refractivity contribution in [2.45, 2.75) is 0 Å². The molecule has 0 rings (SSSR count). The Balaban J connectivity index is 0. The number of hydrogen-bond acceptors (Lipinski definition) is 10. The molecule has 0 radical (unpaired) electrons. The Morgan fingerprint density at radius 3 is 0.100 bits per heavy atom. The van der Waals surface area contributed by atoms with Crippen molar-refractivity contribution in [3.8, 4) is 0 Å². The molecule has 0 aliphatic rings. The van der Waals surface area contributed by atoms with Crippen molar-refractivity contribution in [2.24, 2.45) is 0 Å². The summed E-state index contributed by atoms with van der Waals surface area (Å²) in [5.74, 6) is 0. The third-order valence-electron chi connectivity index (χ3n) is 0. The second kappa shape index (κ2) is 236. The van der Waals surface area contributed by atoms with E-state index in [2.05, 4.69) is 0 Å². The van der Waals surface area contributed by atoms with E-state index >= 15 is 0 Å². The van der Waals surface area contributed by atoms with Gasteiger partial charge in [0.15, 0.2) is 0 Å². The van der Waals surface area contributed by atoms with Crippen LogP contribution in [0.1, 0.15) is 0 Å². The predicted octanol–water partition coefficient (Wildman–Crippen LogP) is -31.7. The fourth-order valence-electron chi connectivity index (χ4n) is 0. The topological polar surface area (TPSA) is 300 Å². The van der Waals surface area contributed by atoms with Crippen LogP contribution in [-0.2, 0) is 0 Å². The van der Waals surface area contributed by atoms with Crippen molar-refractivity contribution < 1.29 is 350 Å². The van der Waals surface area contributed by atoms with E-state index in [-0.39, 0.29) is 350 Å². The van der Waals surface area contributed by atoms with E-state index in [1.807, 2.05) is 0 Å². The molecular weight excluding hydrogens is 390 g/mol. The van der Waals surface area contributed by atoms with Gasteiger partial charge >= 0.3 is 296 Å². The Hall–Kier alpha value is 9.60. The first kappa shape index (κ1) is 263. The second-order valence-corrected chi connectivity index (χ2v) is 0. The van der Waals surface area contributed by atoms with E-state index in [1.165, 1.54) is 0 Å². The van der Waals surface area contributed by atoms with Crippen LogP contribution in [0.4, 0.5) is 0 Å². The molecule has 0 heterocycles. The van der Waals surface area contributed by atoms with Gasteiger partial charge in [-0.1, -0.05) is 0 Å². The van der Waals surface area contributed by atoms with E-state index in [1.54, 1.807) is 0 Å². The average molecular weight is 400 g/mol. The van der Waals surface area contributed by atoms with Crippen LogP contribution in [0.15, 0.2) is 0 Å². The molecule has 0 saturated heterocycles. The van der Waals surface area contributed by atoms with Gasteiger partial charge in [0.25, 0.3) is 0 Å². The van der Waals surface area contributed by atoms with Crippen LogP contribution in [0.5, 0.6) is 0 Å². The molecule has 20 heteroatoms. The molecule has 0 aliphatic heterocycles. The van der Waals surface area contributed by atoms with Crippen molar-refractivity contribution in [1.29, 1.82) is 0 Å². The van der Waals surface area contributed by atoms with Gasteiger partial charge in [0, 0.05) is 0 Å². The molecule has 0 fully saturated rings. The molecule has 0 aromatic carbocycles. The van der Waals surface area contributed by atoms with Gasteiger partial charge in [0.2, 0.25) is 0 Å². The molecule has 0 spiro atoms. The molecule has 0 aromatic rings. The van der Waals surface area contributed by atoms with Gasteiger partial charge in [-0.05, 0) is 0 Å². The molecule has 20 heavy (non-hydrogen) atoms. The van der Waals surface area contributed by atoms with E-state index in [0.717, 1.165) is 0 Å². The third-order valence-corrected chi connectivity index (χ3v) is 0. The van der Waals surface area contributed by atoms with Gasteiger partial charge in [0.1, 0.15) is 0 Å². The van der Waals surface area contributed by atoms with Crippen LogP contribution in [0.3, 0.4) is 0 Å². The molecule has 0 bridgehead atoms. The minimum atomic E-state index is 0. The van der Waals surface area contributed by atoms with E-state index < -0.39 is 0 Å². The number of rotatable bonds is 0. The fraction of sp³-hybridized carbons (Fsp3) is 0. The molecule has 80 valence electrons. The Kier molecular flexibility index (Phi) is 3110. The number of hydrogen-bond donors (Lipinski definition) is 0. The zero-order valence-corrected chi connectivity index (χ0v) is 34.5. The van der Waals surface area contributed by atoms with Crippen molar-refractivity contribution in [3.05, 3.63) is 0 Å². The van der Waals surface area contributed by atoms with Crippen LogP contribution in [0.2, 0.25) is 0 Å². The van der Waals surface area contributed by atoms with Crippen LogP contribution >= 0.6 is 0 Å². The Morgan fingerprint density at radius 2 is 0.100 bits per heavy atom. The second-order valence-electron chi connectivity index (χ2n) is 0. The zero-order chi connectivity index (χ0) is 0. The minimum absolute atomic E-state index is 0. The van der Waals surface area contributed by atoms with Gasteiger partial charge < -0.3 is 54.8 Å². The Morgan fingerprint density at radius 1 is 0.100 bits per heavy atom. The molecule has 10 N–H and O–H groups in total. The molecule has 0 saturated carbocycles. The minimum Gasteiger partial charge on any atom is -0.870 e. The van der Waals surface area contributed by atoms with Crippen molar-refractivity contribution >= 4 is 0 Å². The monoisotopic (exact) mass is 400 g/mol. The summed E-state index contributed by atoms with van der Waals surface area (Å²) in [7, 11) is 0. The summed E-state index contributed by atoms with van der Waals surface area (Å²) in [6.07, 6.45) is 0. The molecule has 0 unspecified atom stereocenters. The summed E-state index contributed by atoms with van der Waals surface area (Å²) >= 11 is 0. The molecular formula is H10Na10O10. The van der Waals surface area contributed by atoms with Gasteiger partial charge in [-0.25, -0.2) is 0 Å². The largest absolute Gasteiger partial charge is 1.00 e. The summed E-state index contributed by atoms with van der Waals surface area (Å²) in [5.41, 5.74) is 0. The van der Waals surface area contributed by atoms with E-state index in [0.29, 0.717) is 0 Å². The predicted molar refractivity (Wildman–Crippen MR) is 19.4 cm³/mol. The van der Waals surface area contributed by atoms with Crippen molar-refractivity contribution in [1.82, 2.24) is 0 Å². The van der Waals surface area contributed by atoms with Gasteiger partial charge in [-0.3, -0.25) is 0 Å². The maximum absolute atomic E-state index is 0. The quantitative estimate of drug-likeness (QED) is 0.345. The first-order valence-electron chi connectivity index (χ1n) is 0. The average Bonchev–Trinajstić information content (AvgIpc) is 0. The first-order chi connectivity index (χ1) is 0. The van der Waals surface area contributed by atoms with Gasteiger partial charge in [-0.2, -0.15) is 0 Å². The van der Waals surface area contributed by atoms with Gasteiger partial charge in [0.05, 0.1) is 0 Å². The smallest absolute Gasteiger partial charge is 0.870 e. The maximum Gasteiger partial charge on any atom is 1.00 e. The van der Waals surface area contributed by atoms with Crippen molar-refractivity contribution in [3.63, 3.8) is 0 Å². The van der Waals surface area contributed by atoms with E-state index in [4.69, 9.17) is 0 Å². The van der Waals surface area contributed by atoms with Crippen LogP contribution in [0, 0.1) is 0 Å². The van der Waals surface area contributed by atoms with E-state index in [9.17, 15) is 0 Å². The maximum atomic E-state index is 0. The first-order valence-corrected chi connectivity index (χ1v) is 0. The normalized spacial score (nSPS) is 0. The standard InChI is InChI=1S/10Na.10H2O/h;;;;;;;;;;10*1H2/q10*+1;;;;;;;;;;/p-10. The fourth-order valence-corrected chi connectivity index (χ4v) is 0. The van der Waals surface area contributed by atoms with Gasteiger partial charge in [-0.15, -0.1) is 0 Å². The molecule has 10 nitrogen and oxygen atoms in total. The molecule has 0 atom stereocenters. The van der Waals surface area contributed by atoms with Crippen LogP contribution < -0.4 is 296 Å². The Labute approximate surface area is 340 Å². The third kappa shape index (κ3) is 212. The Bertz CT molecular complexity index is 20.0. The van der Waals surface area contributed by atoms with Crippen molar-refractivity contribution in [2.75, 3.05) is 0 Å². The summed E-state index contributed by atoms with van der Waals surface area (Å²) in [6.45, 7) is 0. The summed E-state index contributed by atoms with van der Waals surface area (Å²) in [5, 5.41) is 0. The molecule has 0 aromatic heterocycles. The molecule has 0 amide bonds. The molecule has 0 aliphatic carbocycles. The summed E-state index contributed by atoms with van der Waals surface area (Å²) < 4.78 is 0. The summed E-state index contributed by atoms with van der Waals surface area (Å²) in [6, 6.07) is 0.